The number of rotatable bonds is 7. The number of aryl methyl sites for hydroxylation is 1. The summed E-state index contributed by atoms with van der Waals surface area (Å²) >= 11 is 0. The van der Waals surface area contributed by atoms with Crippen molar-refractivity contribution in [2.75, 3.05) is 6.79 Å². The van der Waals surface area contributed by atoms with Crippen LogP contribution in [0, 0.1) is 0 Å². The predicted molar refractivity (Wildman–Crippen MR) is 112 cm³/mol. The molecule has 1 aromatic heterocycles. The van der Waals surface area contributed by atoms with Crippen LogP contribution in [0.2, 0.25) is 0 Å². The molecule has 30 heavy (non-hydrogen) atoms. The van der Waals surface area contributed by atoms with Gasteiger partial charge in [0, 0.05) is 26.1 Å². The molecule has 8 heteroatoms. The van der Waals surface area contributed by atoms with E-state index in [1.165, 1.54) is 9.13 Å². The van der Waals surface area contributed by atoms with Gasteiger partial charge in [0.1, 0.15) is 0 Å². The van der Waals surface area contributed by atoms with E-state index < -0.39 is 11.1 Å². The van der Waals surface area contributed by atoms with Crippen molar-refractivity contribution >= 4 is 16.9 Å². The van der Waals surface area contributed by atoms with Crippen LogP contribution in [0.5, 0.6) is 11.5 Å². The number of allylic oxidation sites excluding steroid dienone is 1. The third-order valence-corrected chi connectivity index (χ3v) is 4.94. The molecule has 0 atom stereocenters. The molecule has 4 rings (SSSR count). The van der Waals surface area contributed by atoms with Gasteiger partial charge < -0.3 is 19.4 Å². The summed E-state index contributed by atoms with van der Waals surface area (Å²) in [5.74, 6) is 1.11. The van der Waals surface area contributed by atoms with Crippen molar-refractivity contribution in [3.05, 3.63) is 81.4 Å². The van der Waals surface area contributed by atoms with E-state index in [2.05, 4.69) is 11.9 Å². The van der Waals surface area contributed by atoms with Crippen molar-refractivity contribution in [3.63, 3.8) is 0 Å². The lowest BCUT2D eigenvalue weighted by molar-refractivity contribution is -0.121. The van der Waals surface area contributed by atoms with Crippen LogP contribution in [0.4, 0.5) is 0 Å². The first kappa shape index (κ1) is 19.5. The van der Waals surface area contributed by atoms with E-state index in [9.17, 15) is 14.4 Å². The van der Waals surface area contributed by atoms with E-state index in [0.717, 1.165) is 5.56 Å². The molecule has 1 aliphatic rings. The summed E-state index contributed by atoms with van der Waals surface area (Å²) in [6.07, 6.45) is 1.64. The number of nitrogens with one attached hydrogen (secondary N) is 1. The van der Waals surface area contributed by atoms with Gasteiger partial charge in [0.2, 0.25) is 12.7 Å². The highest BCUT2D eigenvalue weighted by atomic mass is 16.7. The topological polar surface area (TPSA) is 91.6 Å². The van der Waals surface area contributed by atoms with Gasteiger partial charge in [-0.1, -0.05) is 24.3 Å². The molecule has 0 saturated carbocycles. The Hall–Kier alpha value is -3.81. The summed E-state index contributed by atoms with van der Waals surface area (Å²) in [6.45, 7) is 4.51. The van der Waals surface area contributed by atoms with Crippen molar-refractivity contribution < 1.29 is 14.3 Å². The molecule has 3 aromatic rings. The number of nitrogens with zero attached hydrogens (tertiary/aromatic N) is 2. The lowest BCUT2D eigenvalue weighted by Crippen LogP contribution is -2.42. The second kappa shape index (κ2) is 8.28. The SMILES string of the molecule is C=CCn1c(=O)c(=O)n(CCC(=O)NCc2ccc3c(c2)OCO3)c2ccccc21. The molecule has 1 aliphatic heterocycles. The second-order valence-electron chi connectivity index (χ2n) is 6.86. The first-order valence-electron chi connectivity index (χ1n) is 9.57. The van der Waals surface area contributed by atoms with Crippen LogP contribution < -0.4 is 25.9 Å². The largest absolute Gasteiger partial charge is 0.454 e. The van der Waals surface area contributed by atoms with Crippen molar-refractivity contribution in [1.29, 1.82) is 0 Å². The van der Waals surface area contributed by atoms with Gasteiger partial charge in [-0.2, -0.15) is 0 Å². The van der Waals surface area contributed by atoms with Gasteiger partial charge in [0.25, 0.3) is 0 Å². The maximum atomic E-state index is 12.6. The third kappa shape index (κ3) is 3.71. The summed E-state index contributed by atoms with van der Waals surface area (Å²) in [5, 5.41) is 2.83. The van der Waals surface area contributed by atoms with Crippen molar-refractivity contribution in [2.24, 2.45) is 0 Å². The minimum atomic E-state index is -0.654. The average molecular weight is 407 g/mol. The number of carbonyl (C=O) groups excluding carboxylic acids is 1. The molecule has 8 nitrogen and oxygen atoms in total. The van der Waals surface area contributed by atoms with Crippen molar-refractivity contribution in [2.45, 2.75) is 26.1 Å². The van der Waals surface area contributed by atoms with Crippen LogP contribution >= 0.6 is 0 Å². The quantitative estimate of drug-likeness (QED) is 0.476. The molecular formula is C22H21N3O5. The highest BCUT2D eigenvalue weighted by Gasteiger charge is 2.15. The number of hydrogen-bond donors (Lipinski definition) is 1. The minimum absolute atomic E-state index is 0.0688. The normalized spacial score (nSPS) is 12.1. The van der Waals surface area contributed by atoms with E-state index in [-0.39, 0.29) is 32.2 Å². The number of hydrogen-bond acceptors (Lipinski definition) is 5. The van der Waals surface area contributed by atoms with Gasteiger partial charge in [-0.25, -0.2) is 0 Å². The maximum absolute atomic E-state index is 12.6. The molecule has 2 aromatic carbocycles. The van der Waals surface area contributed by atoms with E-state index in [1.807, 2.05) is 12.1 Å². The van der Waals surface area contributed by atoms with Crippen LogP contribution in [-0.2, 0) is 24.4 Å². The number of fused-ring (bicyclic) bond motifs is 2. The van der Waals surface area contributed by atoms with E-state index in [4.69, 9.17) is 9.47 Å². The van der Waals surface area contributed by atoms with Crippen LogP contribution in [0.15, 0.2) is 64.7 Å². The van der Waals surface area contributed by atoms with Crippen LogP contribution in [0.25, 0.3) is 11.0 Å². The maximum Gasteiger partial charge on any atom is 0.317 e. The fourth-order valence-electron chi connectivity index (χ4n) is 3.46. The molecule has 1 N–H and O–H groups in total. The Morgan fingerprint density at radius 3 is 2.50 bits per heavy atom. The molecule has 0 aliphatic carbocycles. The van der Waals surface area contributed by atoms with Crippen LogP contribution in [-0.4, -0.2) is 21.8 Å². The summed E-state index contributed by atoms with van der Waals surface area (Å²) < 4.78 is 13.4. The molecule has 0 unspecified atom stereocenters. The van der Waals surface area contributed by atoms with Crippen LogP contribution in [0.1, 0.15) is 12.0 Å². The molecule has 1 amide bonds. The van der Waals surface area contributed by atoms with E-state index in [0.29, 0.717) is 29.1 Å². The van der Waals surface area contributed by atoms with Gasteiger partial charge >= 0.3 is 11.1 Å². The number of carbonyl (C=O) groups is 1. The van der Waals surface area contributed by atoms with Gasteiger partial charge in [0.15, 0.2) is 11.5 Å². The van der Waals surface area contributed by atoms with Crippen LogP contribution in [0.3, 0.4) is 0 Å². The first-order valence-corrected chi connectivity index (χ1v) is 9.57. The average Bonchev–Trinajstić information content (AvgIpc) is 3.23. The number of amides is 1. The van der Waals surface area contributed by atoms with Gasteiger partial charge in [-0.05, 0) is 29.8 Å². The monoisotopic (exact) mass is 407 g/mol. The number of para-hydroxylation sites is 2. The van der Waals surface area contributed by atoms with E-state index in [1.54, 1.807) is 36.4 Å². The zero-order valence-electron chi connectivity index (χ0n) is 16.3. The van der Waals surface area contributed by atoms with Gasteiger partial charge in [-0.15, -0.1) is 6.58 Å². The summed E-state index contributed by atoms with van der Waals surface area (Å²) in [7, 11) is 0. The molecule has 0 fully saturated rings. The molecular weight excluding hydrogens is 386 g/mol. The Kier molecular flexibility index (Phi) is 5.38. The Morgan fingerprint density at radius 1 is 1.03 bits per heavy atom. The number of aromatic nitrogens is 2. The predicted octanol–water partition coefficient (Wildman–Crippen LogP) is 1.78. The zero-order valence-corrected chi connectivity index (χ0v) is 16.3. The van der Waals surface area contributed by atoms with Gasteiger partial charge in [-0.3, -0.25) is 19.0 Å². The molecule has 0 radical (unpaired) electrons. The Bertz CT molecular complexity index is 1240. The molecule has 0 bridgehead atoms. The summed E-state index contributed by atoms with van der Waals surface area (Å²) in [6, 6.07) is 12.6. The zero-order chi connectivity index (χ0) is 21.1. The molecule has 154 valence electrons. The number of benzene rings is 2. The molecule has 0 spiro atoms. The lowest BCUT2D eigenvalue weighted by atomic mass is 10.2. The highest BCUT2D eigenvalue weighted by Crippen LogP contribution is 2.32. The fourth-order valence-corrected chi connectivity index (χ4v) is 3.46. The summed E-state index contributed by atoms with van der Waals surface area (Å²) in [4.78, 5) is 37.5. The Labute approximate surface area is 172 Å². The third-order valence-electron chi connectivity index (χ3n) is 4.94. The second-order valence-corrected chi connectivity index (χ2v) is 6.86. The molecule has 2 heterocycles. The molecule has 0 saturated heterocycles. The smallest absolute Gasteiger partial charge is 0.317 e. The lowest BCUT2D eigenvalue weighted by Gasteiger charge is -2.14. The summed E-state index contributed by atoms with van der Waals surface area (Å²) in [5.41, 5.74) is 0.825. The first-order chi connectivity index (χ1) is 14.6. The van der Waals surface area contributed by atoms with Crippen molar-refractivity contribution in [1.82, 2.24) is 14.5 Å². The number of ether oxygens (including phenoxy) is 2. The van der Waals surface area contributed by atoms with E-state index >= 15 is 0 Å². The Balaban J connectivity index is 1.48. The standard InChI is InChI=1S/C22H21N3O5/c1-2-10-24-16-5-3-4-6-17(16)25(22(28)21(24)27)11-9-20(26)23-13-15-7-8-18-19(12-15)30-14-29-18/h2-8,12H,1,9-11,13-14H2,(H,23,26). The fraction of sp³-hybridized carbons (Fsp3) is 0.227. The minimum Gasteiger partial charge on any atom is -0.454 e. The van der Waals surface area contributed by atoms with Gasteiger partial charge in [0.05, 0.1) is 11.0 Å². The highest BCUT2D eigenvalue weighted by molar-refractivity contribution is 5.77. The van der Waals surface area contributed by atoms with Crippen molar-refractivity contribution in [3.8, 4) is 11.5 Å². The Morgan fingerprint density at radius 2 is 1.73 bits per heavy atom.